The lowest BCUT2D eigenvalue weighted by Gasteiger charge is -2.18. The van der Waals surface area contributed by atoms with Gasteiger partial charge in [-0.2, -0.15) is 17.5 Å². The van der Waals surface area contributed by atoms with Crippen LogP contribution in [0.5, 0.6) is 0 Å². The van der Waals surface area contributed by atoms with E-state index in [4.69, 9.17) is 0 Å². The Morgan fingerprint density at radius 1 is 1.09 bits per heavy atom. The standard InChI is InChI=1S/C20H23F3N4O5S/c1-3-26(4-2)33(31,32)16-9-5-14(6-10-16)7-12-19(28)25-24-17-11-8-15(20(21,22)23)13-18(17)27(29)30/h5-6,8-11,13,24H,3-4,7,12H2,1-2H3,(H,25,28). The number of hydrazine groups is 1. The first-order valence-corrected chi connectivity index (χ1v) is 11.3. The topological polar surface area (TPSA) is 122 Å². The Kier molecular flexibility index (Phi) is 8.39. The molecular formula is C20H23F3N4O5S. The molecule has 33 heavy (non-hydrogen) atoms. The Morgan fingerprint density at radius 3 is 2.21 bits per heavy atom. The van der Waals surface area contributed by atoms with Crippen molar-refractivity contribution in [1.29, 1.82) is 0 Å². The summed E-state index contributed by atoms with van der Waals surface area (Å²) >= 11 is 0. The van der Waals surface area contributed by atoms with E-state index in [-0.39, 0.29) is 23.4 Å². The van der Waals surface area contributed by atoms with E-state index < -0.39 is 38.3 Å². The molecule has 1 amide bonds. The smallest absolute Gasteiger partial charge is 0.292 e. The van der Waals surface area contributed by atoms with E-state index in [2.05, 4.69) is 10.9 Å². The van der Waals surface area contributed by atoms with Gasteiger partial charge in [-0.05, 0) is 36.2 Å². The van der Waals surface area contributed by atoms with Crippen LogP contribution in [0.25, 0.3) is 0 Å². The highest BCUT2D eigenvalue weighted by atomic mass is 32.2. The summed E-state index contributed by atoms with van der Waals surface area (Å²) in [5.74, 6) is -0.566. The molecule has 0 atom stereocenters. The summed E-state index contributed by atoms with van der Waals surface area (Å²) in [5.41, 5.74) is 2.85. The second kappa shape index (κ2) is 10.6. The largest absolute Gasteiger partial charge is 0.416 e. The van der Waals surface area contributed by atoms with E-state index in [0.717, 1.165) is 6.07 Å². The number of carbonyl (C=O) groups excluding carboxylic acids is 1. The summed E-state index contributed by atoms with van der Waals surface area (Å²) in [6.45, 7) is 4.15. The monoisotopic (exact) mass is 488 g/mol. The molecule has 0 bridgehead atoms. The SMILES string of the molecule is CCN(CC)S(=O)(=O)c1ccc(CCC(=O)NNc2ccc(C(F)(F)F)cc2[N+](=O)[O-])cc1. The number of hydrogen-bond donors (Lipinski definition) is 2. The zero-order valence-corrected chi connectivity index (χ0v) is 18.7. The van der Waals surface area contributed by atoms with Crippen LogP contribution >= 0.6 is 0 Å². The molecule has 13 heteroatoms. The van der Waals surface area contributed by atoms with Crippen LogP contribution in [0.15, 0.2) is 47.4 Å². The van der Waals surface area contributed by atoms with Crippen LogP contribution in [-0.2, 0) is 27.4 Å². The minimum atomic E-state index is -4.74. The van der Waals surface area contributed by atoms with Crippen molar-refractivity contribution in [3.05, 3.63) is 63.7 Å². The number of alkyl halides is 3. The van der Waals surface area contributed by atoms with Crippen molar-refractivity contribution in [2.24, 2.45) is 0 Å². The number of benzene rings is 2. The van der Waals surface area contributed by atoms with Gasteiger partial charge in [0.1, 0.15) is 5.69 Å². The zero-order chi connectivity index (χ0) is 24.8. The average Bonchev–Trinajstić information content (AvgIpc) is 2.76. The molecule has 0 aromatic heterocycles. The number of rotatable bonds is 10. The van der Waals surface area contributed by atoms with Gasteiger partial charge in [-0.1, -0.05) is 26.0 Å². The molecule has 0 spiro atoms. The van der Waals surface area contributed by atoms with Crippen molar-refractivity contribution in [2.75, 3.05) is 18.5 Å². The summed E-state index contributed by atoms with van der Waals surface area (Å²) in [6, 6.07) is 7.96. The van der Waals surface area contributed by atoms with Crippen LogP contribution < -0.4 is 10.9 Å². The van der Waals surface area contributed by atoms with Crippen molar-refractivity contribution in [1.82, 2.24) is 9.73 Å². The third-order valence-corrected chi connectivity index (χ3v) is 6.83. The van der Waals surface area contributed by atoms with Crippen molar-refractivity contribution in [2.45, 2.75) is 37.8 Å². The fourth-order valence-corrected chi connectivity index (χ4v) is 4.42. The molecule has 180 valence electrons. The third kappa shape index (κ3) is 6.65. The molecule has 2 aromatic rings. The number of nitro groups is 1. The predicted octanol–water partition coefficient (Wildman–Crippen LogP) is 3.72. The highest BCUT2D eigenvalue weighted by Gasteiger charge is 2.33. The lowest BCUT2D eigenvalue weighted by atomic mass is 10.1. The normalized spacial score (nSPS) is 11.9. The first kappa shape index (κ1) is 26.1. The van der Waals surface area contributed by atoms with Crippen molar-refractivity contribution < 1.29 is 31.3 Å². The molecule has 2 aromatic carbocycles. The van der Waals surface area contributed by atoms with Gasteiger partial charge in [0.25, 0.3) is 5.69 Å². The average molecular weight is 488 g/mol. The number of nitrogens with zero attached hydrogens (tertiary/aromatic N) is 2. The summed E-state index contributed by atoms with van der Waals surface area (Å²) in [4.78, 5) is 22.3. The zero-order valence-electron chi connectivity index (χ0n) is 17.8. The van der Waals surface area contributed by atoms with Gasteiger partial charge < -0.3 is 0 Å². The van der Waals surface area contributed by atoms with Crippen LogP contribution in [0.4, 0.5) is 24.5 Å². The van der Waals surface area contributed by atoms with Crippen molar-refractivity contribution in [3.63, 3.8) is 0 Å². The van der Waals surface area contributed by atoms with Crippen LogP contribution in [-0.4, -0.2) is 36.6 Å². The second-order valence-electron chi connectivity index (χ2n) is 6.89. The molecular weight excluding hydrogens is 465 g/mol. The minimum Gasteiger partial charge on any atom is -0.292 e. The Morgan fingerprint density at radius 2 is 1.70 bits per heavy atom. The molecule has 0 aliphatic heterocycles. The molecule has 0 saturated carbocycles. The van der Waals surface area contributed by atoms with Crippen LogP contribution in [0.1, 0.15) is 31.4 Å². The fraction of sp³-hybridized carbons (Fsp3) is 0.350. The van der Waals surface area contributed by atoms with Crippen LogP contribution in [0, 0.1) is 10.1 Å². The minimum absolute atomic E-state index is 0.0520. The Bertz CT molecular complexity index is 1100. The second-order valence-corrected chi connectivity index (χ2v) is 8.83. The number of aryl methyl sites for hydroxylation is 1. The number of amides is 1. The van der Waals surface area contributed by atoms with Crippen molar-refractivity contribution >= 4 is 27.3 Å². The van der Waals surface area contributed by atoms with E-state index in [9.17, 15) is 36.5 Å². The van der Waals surface area contributed by atoms with Crippen LogP contribution in [0.3, 0.4) is 0 Å². The quantitative estimate of drug-likeness (QED) is 0.388. The van der Waals surface area contributed by atoms with Gasteiger partial charge in [-0.25, -0.2) is 8.42 Å². The van der Waals surface area contributed by atoms with Crippen molar-refractivity contribution in [3.8, 4) is 0 Å². The molecule has 0 fully saturated rings. The molecule has 0 heterocycles. The molecule has 0 unspecified atom stereocenters. The lowest BCUT2D eigenvalue weighted by molar-refractivity contribution is -0.384. The van der Waals surface area contributed by atoms with E-state index in [1.54, 1.807) is 26.0 Å². The van der Waals surface area contributed by atoms with E-state index in [1.165, 1.54) is 16.4 Å². The lowest BCUT2D eigenvalue weighted by Crippen LogP contribution is -2.30. The maximum atomic E-state index is 12.8. The first-order chi connectivity index (χ1) is 15.4. The highest BCUT2D eigenvalue weighted by molar-refractivity contribution is 7.89. The van der Waals surface area contributed by atoms with Gasteiger partial charge in [-0.15, -0.1) is 0 Å². The van der Waals surface area contributed by atoms with Gasteiger partial charge in [0.2, 0.25) is 15.9 Å². The van der Waals surface area contributed by atoms with E-state index in [0.29, 0.717) is 30.8 Å². The molecule has 0 saturated heterocycles. The van der Waals surface area contributed by atoms with Gasteiger partial charge >= 0.3 is 6.18 Å². The van der Waals surface area contributed by atoms with Gasteiger partial charge in [0.15, 0.2) is 0 Å². The molecule has 2 rings (SSSR count). The molecule has 9 nitrogen and oxygen atoms in total. The third-order valence-electron chi connectivity index (χ3n) is 4.77. The Balaban J connectivity index is 1.98. The summed E-state index contributed by atoms with van der Waals surface area (Å²) in [6.07, 6.45) is -4.55. The van der Waals surface area contributed by atoms with E-state index in [1.807, 2.05) is 0 Å². The van der Waals surface area contributed by atoms with Gasteiger partial charge in [0.05, 0.1) is 15.4 Å². The number of nitrogens with one attached hydrogen (secondary N) is 2. The molecule has 0 aliphatic carbocycles. The van der Waals surface area contributed by atoms with Gasteiger partial charge in [0, 0.05) is 25.6 Å². The summed E-state index contributed by atoms with van der Waals surface area (Å²) in [7, 11) is -3.59. The van der Waals surface area contributed by atoms with E-state index >= 15 is 0 Å². The Labute approximate surface area is 188 Å². The summed E-state index contributed by atoms with van der Waals surface area (Å²) in [5, 5.41) is 11.1. The summed E-state index contributed by atoms with van der Waals surface area (Å²) < 4.78 is 64.6. The molecule has 2 N–H and O–H groups in total. The fourth-order valence-electron chi connectivity index (χ4n) is 2.96. The maximum Gasteiger partial charge on any atom is 0.416 e. The highest BCUT2D eigenvalue weighted by Crippen LogP contribution is 2.34. The predicted molar refractivity (Wildman–Crippen MR) is 115 cm³/mol. The first-order valence-electron chi connectivity index (χ1n) is 9.89. The number of hydrogen-bond acceptors (Lipinski definition) is 6. The molecule has 0 aliphatic rings. The number of sulfonamides is 1. The number of halogens is 3. The Hall–Kier alpha value is -3.19. The number of nitro benzene ring substituents is 1. The van der Waals surface area contributed by atoms with Crippen LogP contribution in [0.2, 0.25) is 0 Å². The molecule has 0 radical (unpaired) electrons. The maximum absolute atomic E-state index is 12.8. The number of anilines is 1. The number of carbonyl (C=O) groups is 1. The van der Waals surface area contributed by atoms with Gasteiger partial charge in [-0.3, -0.25) is 25.8 Å².